The summed E-state index contributed by atoms with van der Waals surface area (Å²) in [6, 6.07) is 0. The molecule has 0 saturated heterocycles. The molecule has 1 aromatic heterocycles. The van der Waals surface area contributed by atoms with Gasteiger partial charge in [0, 0.05) is 0 Å². The number of aromatic nitrogens is 2. The maximum Gasteiger partial charge on any atom is 0.186 e. The van der Waals surface area contributed by atoms with Crippen molar-refractivity contribution in [3.8, 4) is 0 Å². The molecule has 12 heavy (non-hydrogen) atoms. The van der Waals surface area contributed by atoms with Gasteiger partial charge in [0.25, 0.3) is 0 Å². The van der Waals surface area contributed by atoms with Crippen LogP contribution in [0.3, 0.4) is 0 Å². The molecule has 0 aliphatic rings. The molecule has 66 valence electrons. The minimum atomic E-state index is 0.0773. The van der Waals surface area contributed by atoms with Crippen LogP contribution in [0.5, 0.6) is 0 Å². The third-order valence-corrected chi connectivity index (χ3v) is 2.74. The van der Waals surface area contributed by atoms with Crippen LogP contribution in [0.4, 0.5) is 0 Å². The predicted octanol–water partition coefficient (Wildman–Crippen LogP) is 2.07. The van der Waals surface area contributed by atoms with E-state index in [1.54, 1.807) is 0 Å². The van der Waals surface area contributed by atoms with Crippen molar-refractivity contribution < 1.29 is 4.79 Å². The molecule has 0 spiro atoms. The fraction of sp³-hybridized carbons (Fsp3) is 0.571. The number of rotatable bonds is 4. The Morgan fingerprint density at radius 3 is 3.00 bits per heavy atom. The van der Waals surface area contributed by atoms with Crippen LogP contribution in [-0.4, -0.2) is 20.7 Å². The molecule has 0 bridgehead atoms. The second-order valence-corrected chi connectivity index (χ2v) is 3.67. The van der Waals surface area contributed by atoms with Crippen LogP contribution in [-0.2, 0) is 6.42 Å². The van der Waals surface area contributed by atoms with Gasteiger partial charge in [-0.1, -0.05) is 33.8 Å². The fourth-order valence-electron chi connectivity index (χ4n) is 0.881. The van der Waals surface area contributed by atoms with Gasteiger partial charge in [0.2, 0.25) is 0 Å². The van der Waals surface area contributed by atoms with E-state index < -0.39 is 0 Å². The lowest BCUT2D eigenvalue weighted by molar-refractivity contribution is 0.102. The van der Waals surface area contributed by atoms with Crippen molar-refractivity contribution >= 4 is 33.2 Å². The lowest BCUT2D eigenvalue weighted by atomic mass is 10.2. The van der Waals surface area contributed by atoms with Crippen LogP contribution in [0.2, 0.25) is 0 Å². The molecular formula is C7H9BrN2OS. The number of nitrogens with zero attached hydrogens (tertiary/aromatic N) is 2. The van der Waals surface area contributed by atoms with Crippen molar-refractivity contribution in [1.82, 2.24) is 9.59 Å². The molecule has 0 N–H and O–H groups in total. The SMILES string of the molecule is CCCc1nnsc1C(=O)CBr. The summed E-state index contributed by atoms with van der Waals surface area (Å²) in [5.41, 5.74) is 0.840. The van der Waals surface area contributed by atoms with E-state index in [1.807, 2.05) is 0 Å². The Bertz CT molecular complexity index is 274. The highest BCUT2D eigenvalue weighted by Gasteiger charge is 2.13. The molecule has 0 aliphatic carbocycles. The van der Waals surface area contributed by atoms with Gasteiger partial charge in [-0.05, 0) is 18.0 Å². The second kappa shape index (κ2) is 4.67. The standard InChI is InChI=1S/C7H9BrN2OS/c1-2-3-5-7(6(11)4-8)12-10-9-5/h2-4H2,1H3. The van der Waals surface area contributed by atoms with Crippen LogP contribution in [0.15, 0.2) is 0 Å². The third-order valence-electron chi connectivity index (χ3n) is 1.42. The smallest absolute Gasteiger partial charge is 0.186 e. The average Bonchev–Trinajstić information content (AvgIpc) is 2.52. The summed E-state index contributed by atoms with van der Waals surface area (Å²) in [4.78, 5) is 12.0. The van der Waals surface area contributed by atoms with Crippen LogP contribution in [0.25, 0.3) is 0 Å². The molecule has 5 heteroatoms. The Labute approximate surface area is 83.5 Å². The number of carbonyl (C=O) groups excluding carboxylic acids is 1. The maximum atomic E-state index is 11.3. The zero-order valence-electron chi connectivity index (χ0n) is 6.71. The van der Waals surface area contributed by atoms with Gasteiger partial charge >= 0.3 is 0 Å². The topological polar surface area (TPSA) is 42.9 Å². The van der Waals surface area contributed by atoms with Crippen molar-refractivity contribution in [2.24, 2.45) is 0 Å². The summed E-state index contributed by atoms with van der Waals surface area (Å²) >= 11 is 4.30. The molecule has 0 aromatic carbocycles. The first-order valence-electron chi connectivity index (χ1n) is 3.70. The molecule has 0 fully saturated rings. The lowest BCUT2D eigenvalue weighted by Gasteiger charge is -1.93. The zero-order chi connectivity index (χ0) is 8.97. The highest BCUT2D eigenvalue weighted by Crippen LogP contribution is 2.13. The normalized spacial score (nSPS) is 10.2. The molecule has 0 saturated carbocycles. The van der Waals surface area contributed by atoms with E-state index in [-0.39, 0.29) is 5.78 Å². The van der Waals surface area contributed by atoms with E-state index in [0.29, 0.717) is 10.2 Å². The third kappa shape index (κ3) is 2.10. The van der Waals surface area contributed by atoms with Gasteiger partial charge < -0.3 is 0 Å². The Hall–Kier alpha value is -0.290. The van der Waals surface area contributed by atoms with E-state index in [2.05, 4.69) is 32.4 Å². The number of ketones is 1. The summed E-state index contributed by atoms with van der Waals surface area (Å²) in [6.45, 7) is 2.06. The number of aryl methyl sites for hydroxylation is 1. The van der Waals surface area contributed by atoms with E-state index in [1.165, 1.54) is 11.5 Å². The minimum Gasteiger partial charge on any atom is -0.292 e. The van der Waals surface area contributed by atoms with Gasteiger partial charge in [0.1, 0.15) is 4.88 Å². The highest BCUT2D eigenvalue weighted by molar-refractivity contribution is 9.09. The Morgan fingerprint density at radius 2 is 2.42 bits per heavy atom. The summed E-state index contributed by atoms with van der Waals surface area (Å²) in [5, 5.41) is 4.26. The van der Waals surface area contributed by atoms with Crippen LogP contribution in [0, 0.1) is 0 Å². The quantitative estimate of drug-likeness (QED) is 0.606. The Kier molecular flexibility index (Phi) is 3.81. The van der Waals surface area contributed by atoms with Gasteiger partial charge in [0.05, 0.1) is 11.0 Å². The summed E-state index contributed by atoms with van der Waals surface area (Å²) < 4.78 is 3.76. The van der Waals surface area contributed by atoms with Gasteiger partial charge in [-0.3, -0.25) is 4.79 Å². The second-order valence-electron chi connectivity index (χ2n) is 2.36. The Morgan fingerprint density at radius 1 is 1.67 bits per heavy atom. The molecule has 0 atom stereocenters. The molecule has 0 aliphatic heterocycles. The van der Waals surface area contributed by atoms with Crippen molar-refractivity contribution in [2.75, 3.05) is 5.33 Å². The van der Waals surface area contributed by atoms with Crippen LogP contribution < -0.4 is 0 Å². The van der Waals surface area contributed by atoms with Crippen molar-refractivity contribution in [3.63, 3.8) is 0 Å². The Balaban J connectivity index is 2.83. The molecule has 3 nitrogen and oxygen atoms in total. The summed E-state index contributed by atoms with van der Waals surface area (Å²) in [5.74, 6) is 0.0773. The summed E-state index contributed by atoms with van der Waals surface area (Å²) in [6.07, 6.45) is 1.83. The first-order chi connectivity index (χ1) is 5.79. The van der Waals surface area contributed by atoms with Crippen LogP contribution in [0.1, 0.15) is 28.7 Å². The number of hydrogen-bond donors (Lipinski definition) is 0. The lowest BCUT2D eigenvalue weighted by Crippen LogP contribution is -2.01. The molecule has 1 heterocycles. The first-order valence-corrected chi connectivity index (χ1v) is 5.59. The number of hydrogen-bond acceptors (Lipinski definition) is 4. The average molecular weight is 249 g/mol. The molecule has 0 amide bonds. The van der Waals surface area contributed by atoms with Crippen molar-refractivity contribution in [1.29, 1.82) is 0 Å². The number of alkyl halides is 1. The van der Waals surface area contributed by atoms with Gasteiger partial charge in [-0.25, -0.2) is 0 Å². The van der Waals surface area contributed by atoms with E-state index in [4.69, 9.17) is 0 Å². The monoisotopic (exact) mass is 248 g/mol. The highest BCUT2D eigenvalue weighted by atomic mass is 79.9. The number of halogens is 1. The zero-order valence-corrected chi connectivity index (χ0v) is 9.11. The van der Waals surface area contributed by atoms with Crippen LogP contribution >= 0.6 is 27.5 Å². The predicted molar refractivity (Wildman–Crippen MR) is 52.0 cm³/mol. The van der Waals surface area contributed by atoms with Crippen molar-refractivity contribution in [2.45, 2.75) is 19.8 Å². The fourth-order valence-corrected chi connectivity index (χ4v) is 1.99. The molecule has 0 radical (unpaired) electrons. The maximum absolute atomic E-state index is 11.3. The van der Waals surface area contributed by atoms with E-state index in [9.17, 15) is 4.79 Å². The molecule has 1 aromatic rings. The molecule has 1 rings (SSSR count). The molecule has 0 unspecified atom stereocenters. The summed E-state index contributed by atoms with van der Waals surface area (Å²) in [7, 11) is 0. The van der Waals surface area contributed by atoms with E-state index in [0.717, 1.165) is 18.5 Å². The first kappa shape index (κ1) is 9.80. The van der Waals surface area contributed by atoms with E-state index >= 15 is 0 Å². The van der Waals surface area contributed by atoms with Crippen molar-refractivity contribution in [3.05, 3.63) is 10.6 Å². The van der Waals surface area contributed by atoms with Gasteiger partial charge in [-0.2, -0.15) is 0 Å². The molecular weight excluding hydrogens is 240 g/mol. The number of Topliss-reactive ketones (excluding diaryl/α,β-unsaturated/α-hetero) is 1. The largest absolute Gasteiger partial charge is 0.292 e. The van der Waals surface area contributed by atoms with Gasteiger partial charge in [-0.15, -0.1) is 5.10 Å². The van der Waals surface area contributed by atoms with Gasteiger partial charge in [0.15, 0.2) is 5.78 Å². The minimum absolute atomic E-state index is 0.0773. The number of carbonyl (C=O) groups is 1.